The highest BCUT2D eigenvalue weighted by Gasteiger charge is 2.51. The summed E-state index contributed by atoms with van der Waals surface area (Å²) in [7, 11) is 2.17. The summed E-state index contributed by atoms with van der Waals surface area (Å²) < 4.78 is 15.2. The maximum atomic E-state index is 15.2. The monoisotopic (exact) mass is 725 g/mol. The maximum Gasteiger partial charge on any atom is 0.334 e. The Morgan fingerprint density at radius 2 is 1.83 bits per heavy atom. The molecule has 0 saturated carbocycles. The van der Waals surface area contributed by atoms with Gasteiger partial charge in [0.25, 0.3) is 0 Å². The van der Waals surface area contributed by atoms with Gasteiger partial charge in [0, 0.05) is 70.4 Å². The van der Waals surface area contributed by atoms with Crippen molar-refractivity contribution in [2.75, 3.05) is 64.3 Å². The second-order valence-corrected chi connectivity index (χ2v) is 14.5. The molecular weight excluding hydrogens is 677 g/mol. The lowest BCUT2D eigenvalue weighted by Gasteiger charge is -2.55. The Balaban J connectivity index is 1.14. The summed E-state index contributed by atoms with van der Waals surface area (Å²) in [5.41, 5.74) is 1.74. The van der Waals surface area contributed by atoms with Crippen molar-refractivity contribution in [2.45, 2.75) is 50.7 Å². The fraction of sp³-hybridized carbons (Fsp3) is 0.436. The third kappa shape index (κ3) is 7.71. The van der Waals surface area contributed by atoms with Gasteiger partial charge in [0.15, 0.2) is 0 Å². The predicted octanol–water partition coefficient (Wildman–Crippen LogP) is 2.49. The number of anilines is 1. The van der Waals surface area contributed by atoms with E-state index < -0.39 is 24.1 Å². The number of benzene rings is 2. The number of rotatable bonds is 10. The van der Waals surface area contributed by atoms with Crippen LogP contribution in [-0.2, 0) is 29.1 Å². The zero-order chi connectivity index (χ0) is 37.2. The first-order chi connectivity index (χ1) is 25.6. The van der Waals surface area contributed by atoms with Crippen molar-refractivity contribution in [3.63, 3.8) is 0 Å². The Morgan fingerprint density at radius 3 is 2.57 bits per heavy atom. The van der Waals surface area contributed by atoms with Crippen LogP contribution in [0.5, 0.6) is 5.75 Å². The van der Waals surface area contributed by atoms with Crippen LogP contribution < -0.4 is 10.2 Å². The highest BCUT2D eigenvalue weighted by atomic mass is 19.1. The number of hydrogen-bond donors (Lipinski definition) is 2. The fourth-order valence-electron chi connectivity index (χ4n) is 7.82. The van der Waals surface area contributed by atoms with Gasteiger partial charge in [-0.25, -0.2) is 24.2 Å². The van der Waals surface area contributed by atoms with Crippen LogP contribution in [0.3, 0.4) is 0 Å². The third-order valence-electron chi connectivity index (χ3n) is 11.0. The minimum absolute atomic E-state index is 0.0187. The lowest BCUT2D eigenvalue weighted by atomic mass is 9.98. The number of aromatic nitrogens is 1. The molecule has 4 amide bonds. The number of fused-ring (bicyclic) bond motifs is 1. The van der Waals surface area contributed by atoms with Crippen molar-refractivity contribution in [2.24, 2.45) is 0 Å². The highest BCUT2D eigenvalue weighted by Crippen LogP contribution is 2.31. The first kappa shape index (κ1) is 36.3. The van der Waals surface area contributed by atoms with Crippen molar-refractivity contribution in [3.8, 4) is 5.75 Å². The van der Waals surface area contributed by atoms with Crippen molar-refractivity contribution < 1.29 is 23.9 Å². The van der Waals surface area contributed by atoms with Gasteiger partial charge in [-0.1, -0.05) is 48.5 Å². The molecule has 53 heavy (non-hydrogen) atoms. The van der Waals surface area contributed by atoms with E-state index in [0.717, 1.165) is 50.2 Å². The van der Waals surface area contributed by atoms with Gasteiger partial charge < -0.3 is 30.0 Å². The number of carbonyl (C=O) groups is 3. The average molecular weight is 726 g/mol. The van der Waals surface area contributed by atoms with E-state index in [1.165, 1.54) is 22.0 Å². The standard InChI is InChI=1S/C39H48FN9O4/c1-4-15-47-26-37(51)48-34(18-29-13-14-32(50)19-33(29)40)38(52)46(25-36(48)49(47)39(53)41-20-28-9-6-5-7-10-28)22-30-11-8-12-35(42-30)45-23-31(24-45)44-17-16-43(3)27(2)21-44/h4-14,19,27,31,34,36,50H,1,15-18,20-26H2,2-3H3,(H,41,53)/t27-,34?,36?/m0/s1. The Morgan fingerprint density at radius 1 is 1.04 bits per heavy atom. The van der Waals surface area contributed by atoms with Crippen LogP contribution in [0.25, 0.3) is 0 Å². The number of hydrazine groups is 1. The molecule has 2 aromatic carbocycles. The largest absolute Gasteiger partial charge is 0.508 e. The number of nitrogens with one attached hydrogen (secondary N) is 1. The number of nitrogens with zero attached hydrogens (tertiary/aromatic N) is 8. The second-order valence-electron chi connectivity index (χ2n) is 14.5. The molecule has 5 heterocycles. The van der Waals surface area contributed by atoms with Gasteiger partial charge in [-0.15, -0.1) is 6.58 Å². The van der Waals surface area contributed by atoms with Gasteiger partial charge >= 0.3 is 6.03 Å². The lowest BCUT2D eigenvalue weighted by molar-refractivity contribution is -0.189. The SMILES string of the molecule is C=CCN1CC(=O)N2C(Cc3ccc(O)cc3F)C(=O)N(Cc3cccc(N4CC(N5CCN(C)[C@@H](C)C5)C4)n3)CC2N1C(=O)NCc1ccccc1. The first-order valence-corrected chi connectivity index (χ1v) is 18.3. The van der Waals surface area contributed by atoms with Crippen LogP contribution in [0.15, 0.2) is 79.4 Å². The summed E-state index contributed by atoms with van der Waals surface area (Å²) >= 11 is 0. The minimum atomic E-state index is -1.11. The molecule has 14 heteroatoms. The Labute approximate surface area is 309 Å². The zero-order valence-electron chi connectivity index (χ0n) is 30.4. The number of halogens is 1. The molecule has 13 nitrogen and oxygen atoms in total. The Bertz CT molecular complexity index is 1830. The van der Waals surface area contributed by atoms with Crippen molar-refractivity contribution >= 4 is 23.7 Å². The summed E-state index contributed by atoms with van der Waals surface area (Å²) in [6, 6.07) is 18.5. The van der Waals surface area contributed by atoms with Crippen LogP contribution in [0.1, 0.15) is 23.7 Å². The van der Waals surface area contributed by atoms with Crippen molar-refractivity contribution in [1.82, 2.24) is 39.9 Å². The molecule has 0 spiro atoms. The maximum absolute atomic E-state index is 15.2. The van der Waals surface area contributed by atoms with Gasteiger partial charge in [0.2, 0.25) is 11.8 Å². The molecule has 1 aromatic heterocycles. The smallest absolute Gasteiger partial charge is 0.334 e. The fourth-order valence-corrected chi connectivity index (χ4v) is 7.82. The molecule has 4 saturated heterocycles. The number of urea groups is 1. The highest BCUT2D eigenvalue weighted by molar-refractivity contribution is 5.91. The predicted molar refractivity (Wildman–Crippen MR) is 198 cm³/mol. The number of phenols is 1. The molecule has 4 aliphatic rings. The van der Waals surface area contributed by atoms with E-state index in [1.54, 1.807) is 16.0 Å². The molecule has 280 valence electrons. The normalized spacial score (nSPS) is 23.2. The van der Waals surface area contributed by atoms with E-state index in [2.05, 4.69) is 40.6 Å². The molecule has 3 atom stereocenters. The zero-order valence-corrected chi connectivity index (χ0v) is 30.4. The van der Waals surface area contributed by atoms with E-state index in [9.17, 15) is 19.5 Å². The van der Waals surface area contributed by atoms with Crippen molar-refractivity contribution in [3.05, 3.63) is 102 Å². The number of likely N-dealkylation sites (N-methyl/N-ethyl adjacent to an activating group) is 1. The molecule has 2 N–H and O–H groups in total. The molecule has 4 fully saturated rings. The number of aromatic hydroxyl groups is 1. The topological polar surface area (TPSA) is 119 Å². The molecule has 3 aromatic rings. The minimum Gasteiger partial charge on any atom is -0.508 e. The number of phenolic OH excluding ortho intramolecular Hbond substituents is 1. The van der Waals surface area contributed by atoms with Crippen LogP contribution >= 0.6 is 0 Å². The number of pyridine rings is 1. The van der Waals surface area contributed by atoms with E-state index in [0.29, 0.717) is 17.8 Å². The molecule has 7 rings (SSSR count). The van der Waals surface area contributed by atoms with Gasteiger partial charge in [0.1, 0.15) is 29.6 Å². The number of amides is 4. The van der Waals surface area contributed by atoms with E-state index in [4.69, 9.17) is 4.98 Å². The molecule has 0 aliphatic carbocycles. The van der Waals surface area contributed by atoms with Gasteiger partial charge in [-0.05, 0) is 43.3 Å². The summed E-state index contributed by atoms with van der Waals surface area (Å²) in [5, 5.41) is 16.0. The van der Waals surface area contributed by atoms with E-state index in [1.807, 2.05) is 48.5 Å². The summed E-state index contributed by atoms with van der Waals surface area (Å²) in [5.74, 6) is -0.821. The van der Waals surface area contributed by atoms with Crippen molar-refractivity contribution in [1.29, 1.82) is 0 Å². The Hall–Kier alpha value is -5.05. The van der Waals surface area contributed by atoms with E-state index in [-0.39, 0.29) is 62.3 Å². The number of piperazine rings is 2. The quantitative estimate of drug-likeness (QED) is 0.304. The van der Waals surface area contributed by atoms with Crippen LogP contribution in [0.2, 0.25) is 0 Å². The molecule has 0 bridgehead atoms. The van der Waals surface area contributed by atoms with Crippen LogP contribution in [0, 0.1) is 5.82 Å². The number of carbonyl (C=O) groups excluding carboxylic acids is 3. The second kappa shape index (κ2) is 15.5. The molecule has 2 unspecified atom stereocenters. The first-order valence-electron chi connectivity index (χ1n) is 18.3. The van der Waals surface area contributed by atoms with Gasteiger partial charge in [-0.3, -0.25) is 14.5 Å². The summed E-state index contributed by atoms with van der Waals surface area (Å²) in [4.78, 5) is 57.6. The van der Waals surface area contributed by atoms with E-state index >= 15 is 4.39 Å². The summed E-state index contributed by atoms with van der Waals surface area (Å²) in [6.07, 6.45) is 0.591. The van der Waals surface area contributed by atoms with Gasteiger partial charge in [0.05, 0.1) is 25.3 Å². The molecular formula is C39H48FN9O4. The molecule has 0 radical (unpaired) electrons. The van der Waals surface area contributed by atoms with Gasteiger partial charge in [-0.2, -0.15) is 0 Å². The third-order valence-corrected chi connectivity index (χ3v) is 11.0. The van der Waals surface area contributed by atoms with Crippen LogP contribution in [0.4, 0.5) is 15.0 Å². The summed E-state index contributed by atoms with van der Waals surface area (Å²) in [6.45, 7) is 11.5. The van der Waals surface area contributed by atoms with Crippen LogP contribution in [-0.4, -0.2) is 141 Å². The Kier molecular flexibility index (Phi) is 10.6. The number of hydrogen-bond acceptors (Lipinski definition) is 9. The molecule has 4 aliphatic heterocycles. The average Bonchev–Trinajstić information content (AvgIpc) is 3.11. The lowest BCUT2D eigenvalue weighted by Crippen LogP contribution is -2.76.